The molecule has 18 heavy (non-hydrogen) atoms. The molecule has 3 N–H and O–H groups in total. The molecule has 0 aromatic carbocycles. The SMILES string of the molecule is CCOC(C)CNC(=O)NC(CC(C)C)C(=O)O. The van der Waals surface area contributed by atoms with Gasteiger partial charge in [0, 0.05) is 13.2 Å². The lowest BCUT2D eigenvalue weighted by Crippen LogP contribution is -2.48. The van der Waals surface area contributed by atoms with Crippen LogP contribution >= 0.6 is 0 Å². The van der Waals surface area contributed by atoms with Crippen molar-refractivity contribution in [2.45, 2.75) is 46.3 Å². The molecule has 2 amide bonds. The maximum Gasteiger partial charge on any atom is 0.326 e. The van der Waals surface area contributed by atoms with Crippen molar-refractivity contribution < 1.29 is 19.4 Å². The Hall–Kier alpha value is -1.30. The molecule has 0 aromatic rings. The van der Waals surface area contributed by atoms with Gasteiger partial charge in [-0.2, -0.15) is 0 Å². The number of carboxylic acid groups (broad SMARTS) is 1. The highest BCUT2D eigenvalue weighted by atomic mass is 16.5. The van der Waals surface area contributed by atoms with Crippen LogP contribution in [0.3, 0.4) is 0 Å². The number of hydrogen-bond donors (Lipinski definition) is 3. The standard InChI is InChI=1S/C12H24N2O4/c1-5-18-9(4)7-13-12(17)14-10(11(15)16)6-8(2)3/h8-10H,5-7H2,1-4H3,(H,15,16)(H2,13,14,17). The van der Waals surface area contributed by atoms with Crippen molar-refractivity contribution in [3.8, 4) is 0 Å². The molecule has 2 unspecified atom stereocenters. The average molecular weight is 260 g/mol. The van der Waals surface area contributed by atoms with Crippen LogP contribution in [-0.4, -0.2) is 42.4 Å². The summed E-state index contributed by atoms with van der Waals surface area (Å²) in [6.07, 6.45) is 0.318. The number of aliphatic carboxylic acids is 1. The normalized spacial score (nSPS) is 14.1. The number of carbonyl (C=O) groups excluding carboxylic acids is 1. The molecular weight excluding hydrogens is 236 g/mol. The van der Waals surface area contributed by atoms with E-state index < -0.39 is 18.0 Å². The van der Waals surface area contributed by atoms with Crippen molar-refractivity contribution in [2.24, 2.45) is 5.92 Å². The molecule has 106 valence electrons. The van der Waals surface area contributed by atoms with Crippen molar-refractivity contribution in [3.05, 3.63) is 0 Å². The Kier molecular flexibility index (Phi) is 8.11. The van der Waals surface area contributed by atoms with Gasteiger partial charge in [-0.05, 0) is 26.2 Å². The second kappa shape index (κ2) is 8.74. The van der Waals surface area contributed by atoms with E-state index in [1.807, 2.05) is 27.7 Å². The Morgan fingerprint density at radius 1 is 1.28 bits per heavy atom. The fourth-order valence-corrected chi connectivity index (χ4v) is 1.48. The van der Waals surface area contributed by atoms with E-state index in [1.54, 1.807) is 0 Å². The Morgan fingerprint density at radius 2 is 1.89 bits per heavy atom. The van der Waals surface area contributed by atoms with Crippen LogP contribution in [0.25, 0.3) is 0 Å². The van der Waals surface area contributed by atoms with Gasteiger partial charge in [0.25, 0.3) is 0 Å². The second-order valence-corrected chi connectivity index (χ2v) is 4.64. The van der Waals surface area contributed by atoms with Crippen LogP contribution in [0, 0.1) is 5.92 Å². The van der Waals surface area contributed by atoms with Crippen molar-refractivity contribution in [1.82, 2.24) is 10.6 Å². The van der Waals surface area contributed by atoms with Gasteiger partial charge in [-0.25, -0.2) is 9.59 Å². The largest absolute Gasteiger partial charge is 0.480 e. The molecule has 0 aliphatic heterocycles. The Bertz CT molecular complexity index is 269. The molecule has 0 rings (SSSR count). The van der Waals surface area contributed by atoms with Crippen LogP contribution in [0.15, 0.2) is 0 Å². The quantitative estimate of drug-likeness (QED) is 0.612. The molecule has 0 saturated carbocycles. The minimum absolute atomic E-state index is 0.0888. The van der Waals surface area contributed by atoms with Gasteiger partial charge in [-0.1, -0.05) is 13.8 Å². The molecule has 0 aliphatic carbocycles. The zero-order chi connectivity index (χ0) is 14.1. The number of amides is 2. The van der Waals surface area contributed by atoms with E-state index in [4.69, 9.17) is 9.84 Å². The Morgan fingerprint density at radius 3 is 2.33 bits per heavy atom. The van der Waals surface area contributed by atoms with Gasteiger partial charge in [0.1, 0.15) is 6.04 Å². The van der Waals surface area contributed by atoms with E-state index in [-0.39, 0.29) is 12.0 Å². The lowest BCUT2D eigenvalue weighted by Gasteiger charge is -2.18. The van der Waals surface area contributed by atoms with Crippen molar-refractivity contribution in [2.75, 3.05) is 13.2 Å². The monoisotopic (exact) mass is 260 g/mol. The lowest BCUT2D eigenvalue weighted by atomic mass is 10.0. The summed E-state index contributed by atoms with van der Waals surface area (Å²) < 4.78 is 5.25. The van der Waals surface area contributed by atoms with Crippen molar-refractivity contribution in [3.63, 3.8) is 0 Å². The number of rotatable bonds is 8. The Balaban J connectivity index is 4.06. The summed E-state index contributed by atoms with van der Waals surface area (Å²) in [5.41, 5.74) is 0. The smallest absolute Gasteiger partial charge is 0.326 e. The number of urea groups is 1. The van der Waals surface area contributed by atoms with Gasteiger partial charge in [-0.15, -0.1) is 0 Å². The molecule has 0 radical (unpaired) electrons. The number of ether oxygens (including phenoxy) is 1. The topological polar surface area (TPSA) is 87.7 Å². The Labute approximate surface area is 108 Å². The molecule has 0 aliphatic rings. The molecule has 0 fully saturated rings. The van der Waals surface area contributed by atoms with E-state index in [0.717, 1.165) is 0 Å². The van der Waals surface area contributed by atoms with E-state index in [2.05, 4.69) is 10.6 Å². The highest BCUT2D eigenvalue weighted by Gasteiger charge is 2.20. The molecule has 6 nitrogen and oxygen atoms in total. The minimum Gasteiger partial charge on any atom is -0.480 e. The van der Waals surface area contributed by atoms with Crippen LogP contribution in [0.2, 0.25) is 0 Å². The van der Waals surface area contributed by atoms with Gasteiger partial charge in [0.05, 0.1) is 6.10 Å². The van der Waals surface area contributed by atoms with Crippen LogP contribution in [0.4, 0.5) is 4.79 Å². The van der Waals surface area contributed by atoms with Crippen LogP contribution < -0.4 is 10.6 Å². The number of hydrogen-bond acceptors (Lipinski definition) is 3. The first-order chi connectivity index (χ1) is 8.36. The summed E-state index contributed by atoms with van der Waals surface area (Å²) in [5, 5.41) is 14.0. The van der Waals surface area contributed by atoms with E-state index in [1.165, 1.54) is 0 Å². The predicted molar refractivity (Wildman–Crippen MR) is 68.5 cm³/mol. The zero-order valence-electron chi connectivity index (χ0n) is 11.5. The van der Waals surface area contributed by atoms with Gasteiger partial charge < -0.3 is 20.5 Å². The average Bonchev–Trinajstić information content (AvgIpc) is 2.25. The summed E-state index contributed by atoms with van der Waals surface area (Å²) in [6, 6.07) is -1.33. The van der Waals surface area contributed by atoms with Crippen LogP contribution in [-0.2, 0) is 9.53 Å². The maximum atomic E-state index is 11.5. The molecule has 0 heterocycles. The lowest BCUT2D eigenvalue weighted by molar-refractivity contribution is -0.139. The summed E-state index contributed by atoms with van der Waals surface area (Å²) in [7, 11) is 0. The van der Waals surface area contributed by atoms with Gasteiger partial charge >= 0.3 is 12.0 Å². The fraction of sp³-hybridized carbons (Fsp3) is 0.833. The summed E-state index contributed by atoms with van der Waals surface area (Å²) in [5.74, 6) is -0.814. The first-order valence-electron chi connectivity index (χ1n) is 6.25. The zero-order valence-corrected chi connectivity index (χ0v) is 11.5. The molecule has 0 aromatic heterocycles. The first kappa shape index (κ1) is 16.7. The minimum atomic E-state index is -1.02. The van der Waals surface area contributed by atoms with Crippen LogP contribution in [0.5, 0.6) is 0 Å². The van der Waals surface area contributed by atoms with Gasteiger partial charge in [-0.3, -0.25) is 0 Å². The molecule has 0 spiro atoms. The summed E-state index contributed by atoms with van der Waals surface area (Å²) in [4.78, 5) is 22.5. The maximum absolute atomic E-state index is 11.5. The number of carbonyl (C=O) groups is 2. The van der Waals surface area contributed by atoms with E-state index in [9.17, 15) is 9.59 Å². The molecule has 0 bridgehead atoms. The number of nitrogens with one attached hydrogen (secondary N) is 2. The third-order valence-electron chi connectivity index (χ3n) is 2.31. The number of carboxylic acids is 1. The molecule has 0 saturated heterocycles. The van der Waals surface area contributed by atoms with Crippen LogP contribution in [0.1, 0.15) is 34.1 Å². The highest BCUT2D eigenvalue weighted by molar-refractivity contribution is 5.82. The third-order valence-corrected chi connectivity index (χ3v) is 2.31. The van der Waals surface area contributed by atoms with Gasteiger partial charge in [0.15, 0.2) is 0 Å². The first-order valence-corrected chi connectivity index (χ1v) is 6.25. The summed E-state index contributed by atoms with van der Waals surface area (Å²) >= 11 is 0. The highest BCUT2D eigenvalue weighted by Crippen LogP contribution is 2.04. The van der Waals surface area contributed by atoms with Crippen molar-refractivity contribution >= 4 is 12.0 Å². The van der Waals surface area contributed by atoms with E-state index in [0.29, 0.717) is 19.6 Å². The predicted octanol–water partition coefficient (Wildman–Crippen LogP) is 1.21. The van der Waals surface area contributed by atoms with Crippen molar-refractivity contribution in [1.29, 1.82) is 0 Å². The second-order valence-electron chi connectivity index (χ2n) is 4.64. The fourth-order valence-electron chi connectivity index (χ4n) is 1.48. The molecule has 2 atom stereocenters. The summed E-state index contributed by atoms with van der Waals surface area (Å²) in [6.45, 7) is 8.47. The molecule has 6 heteroatoms. The van der Waals surface area contributed by atoms with Gasteiger partial charge in [0.2, 0.25) is 0 Å². The van der Waals surface area contributed by atoms with E-state index >= 15 is 0 Å². The third kappa shape index (κ3) is 7.89. The molecular formula is C12H24N2O4.